The number of rotatable bonds is 8. The summed E-state index contributed by atoms with van der Waals surface area (Å²) in [7, 11) is 0. The second-order valence-corrected chi connectivity index (χ2v) is 8.62. The highest BCUT2D eigenvalue weighted by Crippen LogP contribution is 2.35. The van der Waals surface area contributed by atoms with Crippen LogP contribution in [0.2, 0.25) is 0 Å². The molecule has 7 heteroatoms. The molecule has 2 aromatic carbocycles. The van der Waals surface area contributed by atoms with Gasteiger partial charge in [-0.2, -0.15) is 0 Å². The molecule has 5 nitrogen and oxygen atoms in total. The van der Waals surface area contributed by atoms with Gasteiger partial charge < -0.3 is 9.47 Å². The minimum Gasteiger partial charge on any atom is -0.490 e. The molecule has 0 aliphatic carbocycles. The van der Waals surface area contributed by atoms with Gasteiger partial charge in [-0.05, 0) is 89.2 Å². The van der Waals surface area contributed by atoms with Crippen LogP contribution in [-0.2, 0) is 11.3 Å². The van der Waals surface area contributed by atoms with Crippen molar-refractivity contribution < 1.29 is 19.1 Å². The molecule has 1 heterocycles. The van der Waals surface area contributed by atoms with Crippen molar-refractivity contribution in [3.05, 3.63) is 62.1 Å². The zero-order chi connectivity index (χ0) is 20.8. The fourth-order valence-electron chi connectivity index (χ4n) is 2.77. The minimum absolute atomic E-state index is 0.257. The van der Waals surface area contributed by atoms with E-state index in [4.69, 9.17) is 9.47 Å². The van der Waals surface area contributed by atoms with Crippen LogP contribution in [0.1, 0.15) is 31.4 Å². The average molecular weight is 523 g/mol. The monoisotopic (exact) mass is 523 g/mol. The number of hydrogen-bond donors (Lipinski definition) is 0. The molecule has 3 rings (SSSR count). The Labute approximate surface area is 188 Å². The van der Waals surface area contributed by atoms with Gasteiger partial charge in [0.15, 0.2) is 11.5 Å². The maximum absolute atomic E-state index is 12.8. The van der Waals surface area contributed by atoms with E-state index in [9.17, 15) is 9.59 Å². The summed E-state index contributed by atoms with van der Waals surface area (Å²) in [5.41, 5.74) is 1.71. The number of hydrogen-bond acceptors (Lipinski definition) is 5. The lowest BCUT2D eigenvalue weighted by molar-refractivity contribution is -0.123. The molecule has 152 valence electrons. The Hall–Kier alpha value is -2.00. The topological polar surface area (TPSA) is 55.8 Å². The Morgan fingerprint density at radius 2 is 1.79 bits per heavy atom. The Morgan fingerprint density at radius 1 is 1.03 bits per heavy atom. The van der Waals surface area contributed by atoms with E-state index in [1.54, 1.807) is 6.08 Å². The summed E-state index contributed by atoms with van der Waals surface area (Å²) >= 11 is 3.18. The van der Waals surface area contributed by atoms with Gasteiger partial charge in [0.2, 0.25) is 0 Å². The first kappa shape index (κ1) is 21.7. The first-order valence-corrected chi connectivity index (χ1v) is 11.3. The van der Waals surface area contributed by atoms with E-state index in [0.29, 0.717) is 29.6 Å². The molecule has 0 aromatic heterocycles. The highest BCUT2D eigenvalue weighted by molar-refractivity contribution is 14.1. The van der Waals surface area contributed by atoms with E-state index in [1.165, 1.54) is 4.90 Å². The van der Waals surface area contributed by atoms with Crippen molar-refractivity contribution in [2.75, 3.05) is 13.2 Å². The maximum atomic E-state index is 12.8. The van der Waals surface area contributed by atoms with Crippen molar-refractivity contribution in [3.8, 4) is 11.5 Å². The number of halogens is 1. The van der Waals surface area contributed by atoms with Crippen molar-refractivity contribution in [1.82, 2.24) is 4.90 Å². The Morgan fingerprint density at radius 3 is 2.48 bits per heavy atom. The second-order valence-electron chi connectivity index (χ2n) is 6.38. The molecule has 1 saturated heterocycles. The van der Waals surface area contributed by atoms with Crippen LogP contribution in [-0.4, -0.2) is 29.3 Å². The summed E-state index contributed by atoms with van der Waals surface area (Å²) in [5.74, 6) is 1.04. The molecule has 0 radical (unpaired) electrons. The number of carbonyl (C=O) groups excluding carboxylic acids is 2. The summed E-state index contributed by atoms with van der Waals surface area (Å²) in [6.45, 7) is 5.34. The highest BCUT2D eigenvalue weighted by atomic mass is 127. The van der Waals surface area contributed by atoms with E-state index >= 15 is 0 Å². The molecule has 2 amide bonds. The standard InChI is InChI=1S/C22H22INO4S/c1-3-11-28-18-10-7-16(12-19(18)27-4-2)13-20-21(25)24(22(26)29-20)14-15-5-8-17(23)9-6-15/h5-10,12-13H,3-4,11,14H2,1-2H3/b20-13-. The van der Waals surface area contributed by atoms with Crippen molar-refractivity contribution >= 4 is 51.6 Å². The van der Waals surface area contributed by atoms with E-state index in [0.717, 1.165) is 32.9 Å². The summed E-state index contributed by atoms with van der Waals surface area (Å²) in [4.78, 5) is 26.8. The van der Waals surface area contributed by atoms with Gasteiger partial charge in [-0.25, -0.2) is 0 Å². The van der Waals surface area contributed by atoms with Crippen molar-refractivity contribution in [3.63, 3.8) is 0 Å². The van der Waals surface area contributed by atoms with E-state index in [2.05, 4.69) is 22.6 Å². The van der Waals surface area contributed by atoms with Crippen LogP contribution in [0.15, 0.2) is 47.4 Å². The van der Waals surface area contributed by atoms with Crippen LogP contribution in [0.5, 0.6) is 11.5 Å². The second kappa shape index (κ2) is 10.2. The van der Waals surface area contributed by atoms with Gasteiger partial charge in [0.25, 0.3) is 11.1 Å². The van der Waals surface area contributed by atoms with Gasteiger partial charge in [-0.1, -0.05) is 25.1 Å². The van der Waals surface area contributed by atoms with Crippen molar-refractivity contribution in [1.29, 1.82) is 0 Å². The van der Waals surface area contributed by atoms with Crippen LogP contribution >= 0.6 is 34.4 Å². The molecule has 2 aromatic rings. The van der Waals surface area contributed by atoms with Crippen LogP contribution in [0.3, 0.4) is 0 Å². The maximum Gasteiger partial charge on any atom is 0.293 e. The van der Waals surface area contributed by atoms with E-state index < -0.39 is 0 Å². The number of benzene rings is 2. The molecule has 1 fully saturated rings. The summed E-state index contributed by atoms with van der Waals surface area (Å²) in [5, 5.41) is -0.257. The van der Waals surface area contributed by atoms with Crippen LogP contribution in [0.4, 0.5) is 4.79 Å². The van der Waals surface area contributed by atoms with Gasteiger partial charge in [0.1, 0.15) is 0 Å². The number of nitrogens with zero attached hydrogens (tertiary/aromatic N) is 1. The largest absolute Gasteiger partial charge is 0.490 e. The quantitative estimate of drug-likeness (QED) is 0.328. The number of imide groups is 1. The molecule has 0 unspecified atom stereocenters. The van der Waals surface area contributed by atoms with Crippen LogP contribution in [0.25, 0.3) is 6.08 Å². The minimum atomic E-state index is -0.275. The van der Waals surface area contributed by atoms with Gasteiger partial charge in [0.05, 0.1) is 24.7 Å². The molecule has 0 atom stereocenters. The Balaban J connectivity index is 1.79. The van der Waals surface area contributed by atoms with E-state index in [1.807, 2.05) is 56.3 Å². The predicted octanol–water partition coefficient (Wildman–Crippen LogP) is 5.72. The van der Waals surface area contributed by atoms with Gasteiger partial charge in [0, 0.05) is 3.57 Å². The Bertz CT molecular complexity index is 927. The third-order valence-corrected chi connectivity index (χ3v) is 5.78. The van der Waals surface area contributed by atoms with E-state index in [-0.39, 0.29) is 17.7 Å². The predicted molar refractivity (Wildman–Crippen MR) is 124 cm³/mol. The summed E-state index contributed by atoms with van der Waals surface area (Å²) < 4.78 is 12.5. The molecule has 1 aliphatic heterocycles. The number of amides is 2. The molecule has 29 heavy (non-hydrogen) atoms. The zero-order valence-corrected chi connectivity index (χ0v) is 19.3. The zero-order valence-electron chi connectivity index (χ0n) is 16.3. The number of ether oxygens (including phenoxy) is 2. The lowest BCUT2D eigenvalue weighted by atomic mass is 10.1. The molecular formula is C22H22INO4S. The molecular weight excluding hydrogens is 501 g/mol. The highest BCUT2D eigenvalue weighted by Gasteiger charge is 2.35. The van der Waals surface area contributed by atoms with Crippen molar-refractivity contribution in [2.24, 2.45) is 0 Å². The molecule has 1 aliphatic rings. The van der Waals surface area contributed by atoms with Gasteiger partial charge in [-0.3, -0.25) is 14.5 Å². The van der Waals surface area contributed by atoms with Crippen molar-refractivity contribution in [2.45, 2.75) is 26.8 Å². The van der Waals surface area contributed by atoms with Gasteiger partial charge >= 0.3 is 0 Å². The number of carbonyl (C=O) groups is 2. The van der Waals surface area contributed by atoms with Crippen LogP contribution < -0.4 is 9.47 Å². The SMILES string of the molecule is CCCOc1ccc(/C=C2\SC(=O)N(Cc3ccc(I)cc3)C2=O)cc1OCC. The molecule has 0 N–H and O–H groups in total. The fraction of sp³-hybridized carbons (Fsp3) is 0.273. The van der Waals surface area contributed by atoms with Crippen LogP contribution in [0, 0.1) is 3.57 Å². The fourth-order valence-corrected chi connectivity index (χ4v) is 3.97. The first-order chi connectivity index (χ1) is 14.0. The molecule has 0 spiro atoms. The Kier molecular flexibility index (Phi) is 7.60. The number of thioether (sulfide) groups is 1. The molecule has 0 saturated carbocycles. The summed E-state index contributed by atoms with van der Waals surface area (Å²) in [6, 6.07) is 13.3. The molecule has 0 bridgehead atoms. The third kappa shape index (κ3) is 5.54. The normalized spacial score (nSPS) is 15.3. The van der Waals surface area contributed by atoms with Gasteiger partial charge in [-0.15, -0.1) is 0 Å². The lowest BCUT2D eigenvalue weighted by Gasteiger charge is -2.13. The smallest absolute Gasteiger partial charge is 0.293 e. The summed E-state index contributed by atoms with van der Waals surface area (Å²) in [6.07, 6.45) is 2.63. The third-order valence-electron chi connectivity index (χ3n) is 4.15. The first-order valence-electron chi connectivity index (χ1n) is 9.41. The lowest BCUT2D eigenvalue weighted by Crippen LogP contribution is -2.27. The average Bonchev–Trinajstić information content (AvgIpc) is 2.96.